The number of unbranched alkanes of at least 4 members (excludes halogenated alkanes) is 1. The molecule has 3 nitrogen and oxygen atoms in total. The van der Waals surface area contributed by atoms with Crippen LogP contribution in [0.4, 0.5) is 0 Å². The van der Waals surface area contributed by atoms with Crippen LogP contribution in [-0.2, 0) is 6.54 Å². The van der Waals surface area contributed by atoms with Crippen molar-refractivity contribution in [3.63, 3.8) is 0 Å². The third-order valence-corrected chi connectivity index (χ3v) is 7.78. The van der Waals surface area contributed by atoms with E-state index >= 15 is 0 Å². The highest BCUT2D eigenvalue weighted by atomic mass is 15.0. The summed E-state index contributed by atoms with van der Waals surface area (Å²) < 4.78 is 2.48. The second-order valence-electron chi connectivity index (χ2n) is 10.6. The number of para-hydroxylation sites is 2. The highest BCUT2D eigenvalue weighted by Gasteiger charge is 2.11. The summed E-state index contributed by atoms with van der Waals surface area (Å²) in [6.45, 7) is 3.27. The average Bonchev–Trinajstić information content (AvgIpc) is 3.33. The molecule has 3 aromatic heterocycles. The summed E-state index contributed by atoms with van der Waals surface area (Å²) in [4.78, 5) is 9.62. The van der Waals surface area contributed by atoms with Crippen molar-refractivity contribution in [2.24, 2.45) is 0 Å². The van der Waals surface area contributed by atoms with Gasteiger partial charge in [-0.1, -0.05) is 86.2 Å². The van der Waals surface area contributed by atoms with Gasteiger partial charge in [-0.3, -0.25) is 0 Å². The number of aryl methyl sites for hydroxylation is 1. The maximum Gasteiger partial charge on any atom is 0.0709 e. The number of aromatic nitrogens is 3. The maximum absolute atomic E-state index is 4.81. The molecule has 4 aromatic carbocycles. The van der Waals surface area contributed by atoms with Gasteiger partial charge in [0, 0.05) is 39.1 Å². The number of fused-ring (bicyclic) bond motifs is 5. The molecule has 41 heavy (non-hydrogen) atoms. The van der Waals surface area contributed by atoms with Gasteiger partial charge in [0.2, 0.25) is 0 Å². The second-order valence-corrected chi connectivity index (χ2v) is 10.6. The second kappa shape index (κ2) is 10.9. The van der Waals surface area contributed by atoms with E-state index in [1.165, 1.54) is 39.4 Å². The Bertz CT molecular complexity index is 1950. The van der Waals surface area contributed by atoms with Gasteiger partial charge in [0.1, 0.15) is 0 Å². The van der Waals surface area contributed by atoms with Crippen molar-refractivity contribution in [2.45, 2.75) is 26.3 Å². The van der Waals surface area contributed by atoms with Gasteiger partial charge in [-0.05, 0) is 78.2 Å². The lowest BCUT2D eigenvalue weighted by Crippen LogP contribution is -1.96. The lowest BCUT2D eigenvalue weighted by atomic mass is 10.1. The normalized spacial score (nSPS) is 12.1. The SMILES string of the molecule is CCCCn1c2ccc(/C=C/c3ccc4ccccc4n3)cc2c2cc(/C=C/c3ccc4ccccc4n3)ccc21. The van der Waals surface area contributed by atoms with Crippen LogP contribution >= 0.6 is 0 Å². The van der Waals surface area contributed by atoms with Crippen molar-refractivity contribution in [3.8, 4) is 0 Å². The van der Waals surface area contributed by atoms with Crippen LogP contribution in [0, 0.1) is 0 Å². The quantitative estimate of drug-likeness (QED) is 0.206. The van der Waals surface area contributed by atoms with Gasteiger partial charge in [-0.25, -0.2) is 9.97 Å². The molecule has 3 heterocycles. The molecule has 0 unspecified atom stereocenters. The van der Waals surface area contributed by atoms with Crippen molar-refractivity contribution in [3.05, 3.63) is 132 Å². The number of rotatable bonds is 7. The lowest BCUT2D eigenvalue weighted by Gasteiger charge is -2.06. The van der Waals surface area contributed by atoms with Crippen LogP contribution in [0.3, 0.4) is 0 Å². The molecule has 7 aromatic rings. The van der Waals surface area contributed by atoms with Crippen molar-refractivity contribution < 1.29 is 0 Å². The molecular weight excluding hydrogens is 498 g/mol. The predicted molar refractivity (Wildman–Crippen MR) is 176 cm³/mol. The molecule has 0 amide bonds. The van der Waals surface area contributed by atoms with Gasteiger partial charge in [0.25, 0.3) is 0 Å². The van der Waals surface area contributed by atoms with Gasteiger partial charge >= 0.3 is 0 Å². The van der Waals surface area contributed by atoms with Gasteiger partial charge in [0.15, 0.2) is 0 Å². The molecule has 0 saturated carbocycles. The number of hydrogen-bond acceptors (Lipinski definition) is 2. The summed E-state index contributed by atoms with van der Waals surface area (Å²) in [6, 6.07) is 38.5. The van der Waals surface area contributed by atoms with Crippen LogP contribution in [0.15, 0.2) is 109 Å². The Balaban J connectivity index is 1.26. The minimum Gasteiger partial charge on any atom is -0.340 e. The van der Waals surface area contributed by atoms with Crippen molar-refractivity contribution >= 4 is 67.9 Å². The molecule has 0 atom stereocenters. The van der Waals surface area contributed by atoms with Crippen LogP contribution < -0.4 is 0 Å². The van der Waals surface area contributed by atoms with Crippen LogP contribution in [0.2, 0.25) is 0 Å². The summed E-state index contributed by atoms with van der Waals surface area (Å²) in [7, 11) is 0. The molecule has 0 spiro atoms. The summed E-state index contributed by atoms with van der Waals surface area (Å²) in [5.74, 6) is 0. The van der Waals surface area contributed by atoms with E-state index in [4.69, 9.17) is 9.97 Å². The Hall–Kier alpha value is -5.02. The fourth-order valence-electron chi connectivity index (χ4n) is 5.62. The third kappa shape index (κ3) is 5.03. The van der Waals surface area contributed by atoms with E-state index in [1.54, 1.807) is 0 Å². The molecule has 0 aliphatic rings. The van der Waals surface area contributed by atoms with Crippen LogP contribution in [0.1, 0.15) is 42.3 Å². The van der Waals surface area contributed by atoms with Gasteiger partial charge in [-0.2, -0.15) is 0 Å². The first-order valence-electron chi connectivity index (χ1n) is 14.4. The van der Waals surface area contributed by atoms with E-state index in [9.17, 15) is 0 Å². The first kappa shape index (κ1) is 25.0. The topological polar surface area (TPSA) is 30.7 Å². The van der Waals surface area contributed by atoms with E-state index in [0.717, 1.165) is 46.2 Å². The summed E-state index contributed by atoms with van der Waals surface area (Å²) in [5.41, 5.74) is 8.87. The highest BCUT2D eigenvalue weighted by Crippen LogP contribution is 2.32. The van der Waals surface area contributed by atoms with E-state index < -0.39 is 0 Å². The van der Waals surface area contributed by atoms with Crippen molar-refractivity contribution in [1.82, 2.24) is 14.5 Å². The van der Waals surface area contributed by atoms with Gasteiger partial charge in [-0.15, -0.1) is 0 Å². The lowest BCUT2D eigenvalue weighted by molar-refractivity contribution is 0.665. The Labute approximate surface area is 240 Å². The van der Waals surface area contributed by atoms with E-state index in [2.05, 4.69) is 121 Å². The Morgan fingerprint density at radius 3 is 1.59 bits per heavy atom. The minimum absolute atomic E-state index is 0.962. The van der Waals surface area contributed by atoms with Crippen molar-refractivity contribution in [2.75, 3.05) is 0 Å². The van der Waals surface area contributed by atoms with Crippen LogP contribution in [0.25, 0.3) is 67.9 Å². The van der Waals surface area contributed by atoms with Gasteiger partial charge < -0.3 is 4.57 Å². The molecule has 0 saturated heterocycles. The van der Waals surface area contributed by atoms with Crippen LogP contribution in [0.5, 0.6) is 0 Å². The van der Waals surface area contributed by atoms with E-state index in [-0.39, 0.29) is 0 Å². The van der Waals surface area contributed by atoms with Gasteiger partial charge in [0.05, 0.1) is 22.4 Å². The number of hydrogen-bond donors (Lipinski definition) is 0. The van der Waals surface area contributed by atoms with E-state index in [0.29, 0.717) is 0 Å². The first-order chi connectivity index (χ1) is 20.2. The largest absolute Gasteiger partial charge is 0.340 e. The third-order valence-electron chi connectivity index (χ3n) is 7.78. The molecule has 0 bridgehead atoms. The number of pyridine rings is 2. The fourth-order valence-corrected chi connectivity index (χ4v) is 5.62. The Morgan fingerprint density at radius 2 is 1.07 bits per heavy atom. The monoisotopic (exact) mass is 529 g/mol. The summed E-state index contributed by atoms with van der Waals surface area (Å²) in [6.07, 6.45) is 10.9. The van der Waals surface area contributed by atoms with E-state index in [1.807, 2.05) is 24.3 Å². The molecule has 3 heteroatoms. The van der Waals surface area contributed by atoms with Crippen LogP contribution in [-0.4, -0.2) is 14.5 Å². The smallest absolute Gasteiger partial charge is 0.0709 e. The zero-order valence-electron chi connectivity index (χ0n) is 23.2. The highest BCUT2D eigenvalue weighted by molar-refractivity contribution is 6.09. The predicted octanol–water partition coefficient (Wildman–Crippen LogP) is 10.0. The average molecular weight is 530 g/mol. The zero-order valence-corrected chi connectivity index (χ0v) is 23.2. The summed E-state index contributed by atoms with van der Waals surface area (Å²) in [5, 5.41) is 4.88. The standard InChI is InChI=1S/C38H31N3/c1-2-3-24-41-37-22-14-27(12-18-31-20-16-29-8-4-6-10-35(29)39-31)25-33(37)34-26-28(15-23-38(34)41)13-19-32-21-17-30-9-5-7-11-36(30)40-32/h4-23,25-26H,2-3,24H2,1H3/b18-12+,19-13+. The molecule has 0 fully saturated rings. The number of benzene rings is 4. The number of nitrogens with zero attached hydrogens (tertiary/aromatic N) is 3. The molecule has 0 N–H and O–H groups in total. The first-order valence-corrected chi connectivity index (χ1v) is 14.4. The molecule has 198 valence electrons. The molecular formula is C38H31N3. The molecule has 7 rings (SSSR count). The molecule has 0 aliphatic carbocycles. The minimum atomic E-state index is 0.962. The zero-order chi connectivity index (χ0) is 27.6. The summed E-state index contributed by atoms with van der Waals surface area (Å²) >= 11 is 0. The van der Waals surface area contributed by atoms with Crippen molar-refractivity contribution in [1.29, 1.82) is 0 Å². The Morgan fingerprint density at radius 1 is 0.561 bits per heavy atom. The molecule has 0 aliphatic heterocycles. The molecule has 0 radical (unpaired) electrons. The maximum atomic E-state index is 4.81. The fraction of sp³-hybridized carbons (Fsp3) is 0.105. The Kier molecular flexibility index (Phi) is 6.62.